The smallest absolute Gasteiger partial charge is 0.211 e. The molecule has 2 rings (SSSR count). The van der Waals surface area contributed by atoms with Crippen molar-refractivity contribution in [1.29, 1.82) is 0 Å². The van der Waals surface area contributed by atoms with Gasteiger partial charge < -0.3 is 10.6 Å². The van der Waals surface area contributed by atoms with Gasteiger partial charge in [0.15, 0.2) is 5.96 Å². The molecule has 0 radical (unpaired) electrons. The molecule has 9 heteroatoms. The van der Waals surface area contributed by atoms with Gasteiger partial charge in [-0.3, -0.25) is 4.99 Å². The van der Waals surface area contributed by atoms with Gasteiger partial charge in [-0.15, -0.1) is 24.0 Å². The first-order valence-corrected chi connectivity index (χ1v) is 10.9. The zero-order valence-corrected chi connectivity index (χ0v) is 19.1. The normalized spacial score (nSPS) is 16.6. The molecule has 1 saturated heterocycles. The van der Waals surface area contributed by atoms with Gasteiger partial charge in [-0.2, -0.15) is 0 Å². The highest BCUT2D eigenvalue weighted by atomic mass is 127. The summed E-state index contributed by atoms with van der Waals surface area (Å²) < 4.78 is 37.6. The Kier molecular flexibility index (Phi) is 10.5. The van der Waals surface area contributed by atoms with E-state index in [0.717, 1.165) is 37.3 Å². The van der Waals surface area contributed by atoms with Crippen LogP contribution in [0.4, 0.5) is 4.39 Å². The summed E-state index contributed by atoms with van der Waals surface area (Å²) in [6.45, 7) is 5.34. The topological polar surface area (TPSA) is 73.8 Å². The third-order valence-corrected chi connectivity index (χ3v) is 5.82. The van der Waals surface area contributed by atoms with Crippen LogP contribution in [0.15, 0.2) is 29.3 Å². The van der Waals surface area contributed by atoms with E-state index < -0.39 is 10.0 Å². The van der Waals surface area contributed by atoms with Crippen LogP contribution >= 0.6 is 24.0 Å². The number of nitrogens with one attached hydrogen (secondary N) is 2. The van der Waals surface area contributed by atoms with E-state index in [2.05, 4.69) is 15.6 Å². The number of hydrogen-bond acceptors (Lipinski definition) is 3. The zero-order valence-electron chi connectivity index (χ0n) is 15.9. The number of sulfonamides is 1. The van der Waals surface area contributed by atoms with E-state index in [1.165, 1.54) is 18.4 Å². The Hall–Kier alpha value is -0.940. The fraction of sp³-hybridized carbons (Fsp3) is 0.611. The van der Waals surface area contributed by atoms with E-state index in [1.807, 2.05) is 6.92 Å². The van der Waals surface area contributed by atoms with E-state index >= 15 is 0 Å². The lowest BCUT2D eigenvalue weighted by molar-refractivity contribution is 0.280. The molecule has 0 bridgehead atoms. The van der Waals surface area contributed by atoms with E-state index in [4.69, 9.17) is 0 Å². The Morgan fingerprint density at radius 2 is 1.85 bits per heavy atom. The summed E-state index contributed by atoms with van der Waals surface area (Å²) in [4.78, 5) is 4.64. The molecule has 0 spiro atoms. The van der Waals surface area contributed by atoms with Crippen molar-refractivity contribution in [2.75, 3.05) is 39.0 Å². The monoisotopic (exact) mass is 512 g/mol. The lowest BCUT2D eigenvalue weighted by Gasteiger charge is -2.29. The highest BCUT2D eigenvalue weighted by Gasteiger charge is 2.24. The van der Waals surface area contributed by atoms with Crippen LogP contribution in [0.25, 0.3) is 0 Å². The van der Waals surface area contributed by atoms with Crippen LogP contribution < -0.4 is 10.6 Å². The summed E-state index contributed by atoms with van der Waals surface area (Å²) in [5.41, 5.74) is 1.07. The van der Waals surface area contributed by atoms with Crippen molar-refractivity contribution in [2.45, 2.75) is 26.2 Å². The van der Waals surface area contributed by atoms with Crippen molar-refractivity contribution in [3.63, 3.8) is 0 Å². The van der Waals surface area contributed by atoms with Crippen molar-refractivity contribution >= 4 is 40.0 Å². The first kappa shape index (κ1) is 24.1. The van der Waals surface area contributed by atoms with E-state index in [-0.39, 0.29) is 29.8 Å². The predicted octanol–water partition coefficient (Wildman–Crippen LogP) is 2.21. The van der Waals surface area contributed by atoms with Gasteiger partial charge in [-0.1, -0.05) is 12.1 Å². The Balaban J connectivity index is 0.00000364. The summed E-state index contributed by atoms with van der Waals surface area (Å²) in [7, 11) is -3.08. The van der Waals surface area contributed by atoms with Gasteiger partial charge in [0.2, 0.25) is 10.0 Å². The van der Waals surface area contributed by atoms with Gasteiger partial charge in [0.1, 0.15) is 5.82 Å². The zero-order chi connectivity index (χ0) is 19.0. The van der Waals surface area contributed by atoms with Crippen molar-refractivity contribution in [2.24, 2.45) is 10.9 Å². The van der Waals surface area contributed by atoms with Gasteiger partial charge in [-0.25, -0.2) is 17.1 Å². The first-order chi connectivity index (χ1) is 12.4. The first-order valence-electron chi connectivity index (χ1n) is 9.10. The second kappa shape index (κ2) is 11.8. The average Bonchev–Trinajstić information content (AvgIpc) is 2.61. The average molecular weight is 512 g/mol. The number of benzene rings is 1. The Bertz CT molecular complexity index is 690. The summed E-state index contributed by atoms with van der Waals surface area (Å²) in [6.07, 6.45) is 3.73. The molecule has 27 heavy (non-hydrogen) atoms. The molecule has 0 aliphatic carbocycles. The molecule has 1 aliphatic heterocycles. The molecule has 2 N–H and O–H groups in total. The van der Waals surface area contributed by atoms with Crippen LogP contribution in [-0.4, -0.2) is 57.7 Å². The number of aliphatic imine (C=N–C) groups is 1. The molecule has 0 unspecified atom stereocenters. The largest absolute Gasteiger partial charge is 0.357 e. The number of piperidine rings is 1. The maximum atomic E-state index is 12.9. The quantitative estimate of drug-likeness (QED) is 0.334. The lowest BCUT2D eigenvalue weighted by Crippen LogP contribution is -2.40. The van der Waals surface area contributed by atoms with E-state index in [9.17, 15) is 12.8 Å². The number of hydrogen-bond donors (Lipinski definition) is 2. The molecule has 1 aliphatic rings. The fourth-order valence-electron chi connectivity index (χ4n) is 2.96. The van der Waals surface area contributed by atoms with Gasteiger partial charge in [0.05, 0.1) is 6.26 Å². The minimum absolute atomic E-state index is 0. The molecular weight excluding hydrogens is 482 g/mol. The molecule has 1 fully saturated rings. The molecular formula is C18H30FIN4O2S. The van der Waals surface area contributed by atoms with Gasteiger partial charge in [0, 0.05) is 32.7 Å². The van der Waals surface area contributed by atoms with E-state index in [1.54, 1.807) is 16.4 Å². The standard InChI is InChI=1S/C18H29FN4O2S.HI/c1-3-20-18(21-11-8-15-4-6-17(19)7-5-15)22-14-16-9-12-23(13-10-16)26(2,24)25;/h4-7,16H,3,8-14H2,1-2H3,(H2,20,21,22);1H. The van der Waals surface area contributed by atoms with Crippen molar-refractivity contribution in [3.05, 3.63) is 35.6 Å². The Morgan fingerprint density at radius 3 is 2.41 bits per heavy atom. The van der Waals surface area contributed by atoms with Crippen LogP contribution in [0, 0.1) is 11.7 Å². The Labute approximate surface area is 179 Å². The second-order valence-electron chi connectivity index (χ2n) is 6.63. The summed E-state index contributed by atoms with van der Waals surface area (Å²) in [5, 5.41) is 6.52. The minimum atomic E-state index is -3.08. The van der Waals surface area contributed by atoms with Crippen molar-refractivity contribution in [3.8, 4) is 0 Å². The SMILES string of the molecule is CCNC(=NCC1CCN(S(C)(=O)=O)CC1)NCCc1ccc(F)cc1.I. The molecule has 0 aromatic heterocycles. The summed E-state index contributed by atoms with van der Waals surface area (Å²) in [6, 6.07) is 6.52. The van der Waals surface area contributed by atoms with Crippen LogP contribution in [0.3, 0.4) is 0 Å². The third-order valence-electron chi connectivity index (χ3n) is 4.51. The molecule has 1 aromatic rings. The molecule has 0 amide bonds. The summed E-state index contributed by atoms with van der Waals surface area (Å²) >= 11 is 0. The number of rotatable bonds is 7. The highest BCUT2D eigenvalue weighted by Crippen LogP contribution is 2.19. The molecule has 154 valence electrons. The second-order valence-corrected chi connectivity index (χ2v) is 8.61. The van der Waals surface area contributed by atoms with Gasteiger partial charge in [-0.05, 0) is 49.8 Å². The Morgan fingerprint density at radius 1 is 1.22 bits per heavy atom. The van der Waals surface area contributed by atoms with Crippen LogP contribution in [0.5, 0.6) is 0 Å². The molecule has 1 aromatic carbocycles. The maximum absolute atomic E-state index is 12.9. The minimum Gasteiger partial charge on any atom is -0.357 e. The maximum Gasteiger partial charge on any atom is 0.211 e. The molecule has 6 nitrogen and oxygen atoms in total. The number of guanidine groups is 1. The molecule has 0 atom stereocenters. The van der Waals surface area contributed by atoms with Crippen LogP contribution in [0.2, 0.25) is 0 Å². The van der Waals surface area contributed by atoms with Gasteiger partial charge in [0.25, 0.3) is 0 Å². The lowest BCUT2D eigenvalue weighted by atomic mass is 9.98. The number of nitrogens with zero attached hydrogens (tertiary/aromatic N) is 2. The molecule has 1 heterocycles. The highest BCUT2D eigenvalue weighted by molar-refractivity contribution is 14.0. The third kappa shape index (κ3) is 8.73. The molecule has 0 saturated carbocycles. The summed E-state index contributed by atoms with van der Waals surface area (Å²) in [5.74, 6) is 0.944. The number of halogens is 2. The van der Waals surface area contributed by atoms with Crippen LogP contribution in [0.1, 0.15) is 25.3 Å². The van der Waals surface area contributed by atoms with Crippen molar-refractivity contribution in [1.82, 2.24) is 14.9 Å². The van der Waals surface area contributed by atoms with Crippen molar-refractivity contribution < 1.29 is 12.8 Å². The fourth-order valence-corrected chi connectivity index (χ4v) is 3.84. The van der Waals surface area contributed by atoms with E-state index in [0.29, 0.717) is 32.1 Å². The van der Waals surface area contributed by atoms with Crippen LogP contribution in [-0.2, 0) is 16.4 Å². The van der Waals surface area contributed by atoms with Gasteiger partial charge >= 0.3 is 0 Å². The predicted molar refractivity (Wildman–Crippen MR) is 119 cm³/mol.